The molecule has 36 heavy (non-hydrogen) atoms. The predicted octanol–water partition coefficient (Wildman–Crippen LogP) is 3.45. The Labute approximate surface area is 214 Å². The van der Waals surface area contributed by atoms with Crippen LogP contribution in [0.1, 0.15) is 43.7 Å². The van der Waals surface area contributed by atoms with Gasteiger partial charge in [0.1, 0.15) is 0 Å². The van der Waals surface area contributed by atoms with Gasteiger partial charge in [0.2, 0.25) is 17.8 Å². The minimum atomic E-state index is -0.630. The van der Waals surface area contributed by atoms with Crippen LogP contribution in [0.4, 0.5) is 0 Å². The lowest BCUT2D eigenvalue weighted by atomic mass is 9.72. The summed E-state index contributed by atoms with van der Waals surface area (Å²) in [5.74, 6) is 0.946. The molecule has 0 bridgehead atoms. The topological polar surface area (TPSA) is 77.4 Å². The molecule has 2 aliphatic heterocycles. The first kappa shape index (κ1) is 25.6. The standard InChI is InChI=1S/C29H37N5O2/c1-2-33(28-31-18-9-19-32-28)23-20-30-27(36)29(25-12-7-4-8-13-25)16-21-34(22-17-29)26(35)15-14-24-10-5-3-6-11-24/h3-8,10-13,18H,2,9,14-17,19-23H2,1H3,(H,30,36). The molecule has 0 spiro atoms. The van der Waals surface area contributed by atoms with E-state index in [1.54, 1.807) is 0 Å². The maximum atomic E-state index is 13.7. The van der Waals surface area contributed by atoms with Gasteiger partial charge in [-0.25, -0.2) is 4.99 Å². The zero-order chi connectivity index (χ0) is 25.2. The summed E-state index contributed by atoms with van der Waals surface area (Å²) < 4.78 is 0. The van der Waals surface area contributed by atoms with E-state index >= 15 is 0 Å². The van der Waals surface area contributed by atoms with Crippen LogP contribution in [0, 0.1) is 0 Å². The molecule has 1 saturated heterocycles. The molecule has 2 aromatic rings. The average molecular weight is 488 g/mol. The van der Waals surface area contributed by atoms with Crippen LogP contribution in [-0.4, -0.2) is 73.1 Å². The van der Waals surface area contributed by atoms with E-state index < -0.39 is 5.41 Å². The number of nitrogens with zero attached hydrogens (tertiary/aromatic N) is 4. The van der Waals surface area contributed by atoms with E-state index in [0.29, 0.717) is 45.4 Å². The van der Waals surface area contributed by atoms with Crippen molar-refractivity contribution in [2.45, 2.75) is 44.4 Å². The highest BCUT2D eigenvalue weighted by molar-refractivity contribution is 5.90. The van der Waals surface area contributed by atoms with Gasteiger partial charge in [-0.15, -0.1) is 0 Å². The molecule has 2 amide bonds. The van der Waals surface area contributed by atoms with Crippen molar-refractivity contribution in [3.05, 3.63) is 71.8 Å². The number of hydrogen-bond acceptors (Lipinski definition) is 5. The number of aryl methyl sites for hydroxylation is 1. The van der Waals surface area contributed by atoms with Crippen LogP contribution >= 0.6 is 0 Å². The van der Waals surface area contributed by atoms with Gasteiger partial charge in [0.25, 0.3) is 0 Å². The summed E-state index contributed by atoms with van der Waals surface area (Å²) in [4.78, 5) is 39.5. The van der Waals surface area contributed by atoms with Gasteiger partial charge >= 0.3 is 0 Å². The van der Waals surface area contributed by atoms with Crippen molar-refractivity contribution in [2.24, 2.45) is 9.98 Å². The van der Waals surface area contributed by atoms with Gasteiger partial charge in [-0.2, -0.15) is 0 Å². The number of carbonyl (C=O) groups is 2. The molecule has 4 rings (SSSR count). The minimum absolute atomic E-state index is 0.0372. The first-order valence-electron chi connectivity index (χ1n) is 13.1. The molecule has 7 nitrogen and oxygen atoms in total. The normalized spacial score (nSPS) is 16.8. The maximum absolute atomic E-state index is 13.7. The van der Waals surface area contributed by atoms with Crippen molar-refractivity contribution in [1.29, 1.82) is 0 Å². The third-order valence-electron chi connectivity index (χ3n) is 7.25. The second-order valence-corrected chi connectivity index (χ2v) is 9.43. The SMILES string of the molecule is CCN(CCNC(=O)C1(c2ccccc2)CCN(C(=O)CCc2ccccc2)CC1)C1=NCCC=N1. The number of hydrogen-bond donors (Lipinski definition) is 1. The smallest absolute Gasteiger partial charge is 0.230 e. The molecule has 2 heterocycles. The molecule has 0 radical (unpaired) electrons. The van der Waals surface area contributed by atoms with Gasteiger partial charge in [0.15, 0.2) is 0 Å². The Kier molecular flexibility index (Phi) is 8.87. The lowest BCUT2D eigenvalue weighted by molar-refractivity contribution is -0.136. The molecular weight excluding hydrogens is 450 g/mol. The monoisotopic (exact) mass is 487 g/mol. The van der Waals surface area contributed by atoms with E-state index in [1.807, 2.05) is 59.6 Å². The Morgan fingerprint density at radius 2 is 1.72 bits per heavy atom. The zero-order valence-corrected chi connectivity index (χ0v) is 21.2. The van der Waals surface area contributed by atoms with Gasteiger partial charge in [0, 0.05) is 58.3 Å². The highest BCUT2D eigenvalue weighted by Crippen LogP contribution is 2.36. The van der Waals surface area contributed by atoms with Crippen LogP contribution in [-0.2, 0) is 21.4 Å². The number of likely N-dealkylation sites (N-methyl/N-ethyl adjacent to an activating group) is 1. The van der Waals surface area contributed by atoms with Gasteiger partial charge in [-0.1, -0.05) is 60.7 Å². The molecule has 0 aliphatic carbocycles. The number of amides is 2. The summed E-state index contributed by atoms with van der Waals surface area (Å²) in [5, 5.41) is 3.20. The largest absolute Gasteiger partial charge is 0.354 e. The third-order valence-corrected chi connectivity index (χ3v) is 7.25. The van der Waals surface area contributed by atoms with E-state index in [-0.39, 0.29) is 11.8 Å². The predicted molar refractivity (Wildman–Crippen MR) is 144 cm³/mol. The van der Waals surface area contributed by atoms with Crippen LogP contribution in [0.2, 0.25) is 0 Å². The fourth-order valence-corrected chi connectivity index (χ4v) is 5.06. The molecular formula is C29H37N5O2. The Morgan fingerprint density at radius 3 is 2.36 bits per heavy atom. The molecule has 2 aliphatic rings. The van der Waals surface area contributed by atoms with E-state index in [0.717, 1.165) is 37.5 Å². The number of carbonyl (C=O) groups excluding carboxylic acids is 2. The fraction of sp³-hybridized carbons (Fsp3) is 0.448. The quantitative estimate of drug-likeness (QED) is 0.589. The van der Waals surface area contributed by atoms with E-state index in [9.17, 15) is 9.59 Å². The first-order valence-corrected chi connectivity index (χ1v) is 13.1. The van der Waals surface area contributed by atoms with E-state index in [4.69, 9.17) is 0 Å². The lowest BCUT2D eigenvalue weighted by Crippen LogP contribution is -2.53. The summed E-state index contributed by atoms with van der Waals surface area (Å²) in [6.07, 6.45) is 5.26. The van der Waals surface area contributed by atoms with Crippen LogP contribution in [0.25, 0.3) is 0 Å². The maximum Gasteiger partial charge on any atom is 0.230 e. The molecule has 0 atom stereocenters. The molecule has 2 aromatic carbocycles. The number of rotatable bonds is 9. The molecule has 1 N–H and O–H groups in total. The van der Waals surface area contributed by atoms with Crippen molar-refractivity contribution < 1.29 is 9.59 Å². The summed E-state index contributed by atoms with van der Waals surface area (Å²) >= 11 is 0. The second kappa shape index (κ2) is 12.5. The summed E-state index contributed by atoms with van der Waals surface area (Å²) in [7, 11) is 0. The average Bonchev–Trinajstić information content (AvgIpc) is 2.95. The fourth-order valence-electron chi connectivity index (χ4n) is 5.06. The van der Waals surface area contributed by atoms with Gasteiger partial charge in [0.05, 0.1) is 5.41 Å². The number of benzene rings is 2. The van der Waals surface area contributed by atoms with Crippen molar-refractivity contribution >= 4 is 24.0 Å². The number of likely N-dealkylation sites (tertiary alicyclic amines) is 1. The molecule has 0 unspecified atom stereocenters. The molecule has 1 fully saturated rings. The lowest BCUT2D eigenvalue weighted by Gasteiger charge is -2.41. The van der Waals surface area contributed by atoms with E-state index in [2.05, 4.69) is 39.3 Å². The van der Waals surface area contributed by atoms with Gasteiger partial charge < -0.3 is 15.1 Å². The zero-order valence-electron chi connectivity index (χ0n) is 21.2. The van der Waals surface area contributed by atoms with Crippen LogP contribution in [0.3, 0.4) is 0 Å². The first-order chi connectivity index (χ1) is 17.6. The Morgan fingerprint density at radius 1 is 1.03 bits per heavy atom. The van der Waals surface area contributed by atoms with Crippen LogP contribution in [0.5, 0.6) is 0 Å². The number of nitrogens with one attached hydrogen (secondary N) is 1. The van der Waals surface area contributed by atoms with Crippen molar-refractivity contribution in [1.82, 2.24) is 15.1 Å². The van der Waals surface area contributed by atoms with Crippen LogP contribution in [0.15, 0.2) is 70.6 Å². The summed E-state index contributed by atoms with van der Waals surface area (Å²) in [5.41, 5.74) is 1.56. The van der Waals surface area contributed by atoms with Crippen molar-refractivity contribution in [2.75, 3.05) is 39.3 Å². The Bertz CT molecular complexity index is 1060. The number of piperidine rings is 1. The highest BCUT2D eigenvalue weighted by atomic mass is 16.2. The Hall–Kier alpha value is -3.48. The number of guanidine groups is 1. The van der Waals surface area contributed by atoms with Crippen molar-refractivity contribution in [3.63, 3.8) is 0 Å². The van der Waals surface area contributed by atoms with E-state index in [1.165, 1.54) is 5.56 Å². The molecule has 7 heteroatoms. The summed E-state index contributed by atoms with van der Waals surface area (Å²) in [6, 6.07) is 20.1. The summed E-state index contributed by atoms with van der Waals surface area (Å²) in [6.45, 7) is 5.98. The van der Waals surface area contributed by atoms with Crippen LogP contribution < -0.4 is 5.32 Å². The Balaban J connectivity index is 1.37. The van der Waals surface area contributed by atoms with Crippen molar-refractivity contribution in [3.8, 4) is 0 Å². The molecule has 0 saturated carbocycles. The minimum Gasteiger partial charge on any atom is -0.354 e. The molecule has 190 valence electrons. The van der Waals surface area contributed by atoms with Gasteiger partial charge in [-0.3, -0.25) is 14.6 Å². The number of aliphatic imine (C=N–C) groups is 2. The third kappa shape index (κ3) is 6.20. The molecule has 0 aromatic heterocycles. The second-order valence-electron chi connectivity index (χ2n) is 9.43. The highest BCUT2D eigenvalue weighted by Gasteiger charge is 2.43. The van der Waals surface area contributed by atoms with Gasteiger partial charge in [-0.05, 0) is 37.3 Å².